The fraction of sp³-hybridized carbons (Fsp3) is 0.636. The standard InChI is InChI=1S/C22H33N3O5S/c1-24-14-15-30-19-10-4-3-8-18(19)9-5-6-11-22(21(24)27)12-7-13-25(17-22)20(26)16-23-31(2,28)29/h3-4,8,10,23H,5-7,9,11-17H2,1-2H3. The first-order chi connectivity index (χ1) is 14.7. The minimum Gasteiger partial charge on any atom is -0.491 e. The normalized spacial score (nSPS) is 23.5. The Morgan fingerprint density at radius 1 is 1.16 bits per heavy atom. The number of nitrogens with one attached hydrogen (secondary N) is 1. The number of carbonyl (C=O) groups excluding carboxylic acids is 2. The van der Waals surface area contributed by atoms with Gasteiger partial charge in [0.2, 0.25) is 21.8 Å². The van der Waals surface area contributed by atoms with E-state index < -0.39 is 15.4 Å². The number of aryl methyl sites for hydroxylation is 1. The second kappa shape index (κ2) is 9.99. The molecule has 1 fully saturated rings. The van der Waals surface area contributed by atoms with Crippen molar-refractivity contribution in [2.24, 2.45) is 5.41 Å². The van der Waals surface area contributed by atoms with Crippen molar-refractivity contribution in [2.75, 3.05) is 46.1 Å². The summed E-state index contributed by atoms with van der Waals surface area (Å²) in [5.41, 5.74) is 0.547. The molecular formula is C22H33N3O5S. The summed E-state index contributed by atoms with van der Waals surface area (Å²) in [6.07, 6.45) is 5.89. The molecule has 1 N–H and O–H groups in total. The zero-order chi connectivity index (χ0) is 22.5. The average molecular weight is 452 g/mol. The summed E-state index contributed by atoms with van der Waals surface area (Å²) in [5, 5.41) is 0. The van der Waals surface area contributed by atoms with E-state index in [-0.39, 0.29) is 18.4 Å². The lowest BCUT2D eigenvalue weighted by atomic mass is 9.74. The number of rotatable bonds is 3. The van der Waals surface area contributed by atoms with Crippen LogP contribution in [0.3, 0.4) is 0 Å². The van der Waals surface area contributed by atoms with E-state index in [2.05, 4.69) is 10.8 Å². The van der Waals surface area contributed by atoms with Crippen molar-refractivity contribution in [3.8, 4) is 5.75 Å². The molecule has 2 amide bonds. The largest absolute Gasteiger partial charge is 0.491 e. The molecular weight excluding hydrogens is 418 g/mol. The van der Waals surface area contributed by atoms with E-state index >= 15 is 0 Å². The first-order valence-corrected chi connectivity index (χ1v) is 12.8. The number of piperidine rings is 1. The van der Waals surface area contributed by atoms with E-state index in [0.717, 1.165) is 44.1 Å². The van der Waals surface area contributed by atoms with Crippen molar-refractivity contribution in [2.45, 2.75) is 38.5 Å². The maximum Gasteiger partial charge on any atom is 0.237 e. The minimum atomic E-state index is -3.45. The molecule has 0 aliphatic carbocycles. The molecule has 0 saturated carbocycles. The van der Waals surface area contributed by atoms with Crippen LogP contribution in [0.25, 0.3) is 0 Å². The monoisotopic (exact) mass is 451 g/mol. The zero-order valence-electron chi connectivity index (χ0n) is 18.4. The molecule has 3 rings (SSSR count). The number of hydrogen-bond donors (Lipinski definition) is 1. The van der Waals surface area contributed by atoms with Gasteiger partial charge in [-0.25, -0.2) is 13.1 Å². The second-order valence-corrected chi connectivity index (χ2v) is 10.5. The third-order valence-corrected chi connectivity index (χ3v) is 6.89. The van der Waals surface area contributed by atoms with E-state index in [1.807, 2.05) is 18.2 Å². The number of benzene rings is 1. The SMILES string of the molecule is CN1CCOc2ccccc2CCCCC2(CCCN(C(=O)CNS(C)(=O)=O)C2)C1=O. The molecule has 2 aliphatic heterocycles. The molecule has 0 bridgehead atoms. The van der Waals surface area contributed by atoms with Crippen molar-refractivity contribution in [3.05, 3.63) is 29.8 Å². The lowest BCUT2D eigenvalue weighted by molar-refractivity contribution is -0.148. The highest BCUT2D eigenvalue weighted by Gasteiger charge is 2.44. The Labute approximate surface area is 185 Å². The fourth-order valence-corrected chi connectivity index (χ4v) is 4.95. The van der Waals surface area contributed by atoms with Crippen LogP contribution >= 0.6 is 0 Å². The number of likely N-dealkylation sites (tertiary alicyclic amines) is 1. The summed E-state index contributed by atoms with van der Waals surface area (Å²) >= 11 is 0. The van der Waals surface area contributed by atoms with Crippen molar-refractivity contribution in [3.63, 3.8) is 0 Å². The molecule has 2 heterocycles. The Hall–Kier alpha value is -2.13. The van der Waals surface area contributed by atoms with Crippen molar-refractivity contribution in [1.82, 2.24) is 14.5 Å². The molecule has 1 aromatic rings. The number of sulfonamides is 1. The molecule has 172 valence electrons. The molecule has 1 saturated heterocycles. The van der Waals surface area contributed by atoms with Crippen molar-refractivity contribution >= 4 is 21.8 Å². The van der Waals surface area contributed by atoms with Crippen LogP contribution in [0, 0.1) is 5.41 Å². The Morgan fingerprint density at radius 2 is 1.90 bits per heavy atom. The van der Waals surface area contributed by atoms with Gasteiger partial charge in [-0.3, -0.25) is 9.59 Å². The second-order valence-electron chi connectivity index (χ2n) is 8.68. The van der Waals surface area contributed by atoms with E-state index in [4.69, 9.17) is 4.74 Å². The van der Waals surface area contributed by atoms with Gasteiger partial charge >= 0.3 is 0 Å². The predicted octanol–water partition coefficient (Wildman–Crippen LogP) is 1.41. The van der Waals surface area contributed by atoms with Crippen LogP contribution < -0.4 is 9.46 Å². The quantitative estimate of drug-likeness (QED) is 0.750. The summed E-state index contributed by atoms with van der Waals surface area (Å²) in [5.74, 6) is 0.633. The third-order valence-electron chi connectivity index (χ3n) is 6.22. The van der Waals surface area contributed by atoms with Gasteiger partial charge in [0.25, 0.3) is 0 Å². The van der Waals surface area contributed by atoms with Gasteiger partial charge in [-0.2, -0.15) is 0 Å². The lowest BCUT2D eigenvalue weighted by Crippen LogP contribution is -2.55. The van der Waals surface area contributed by atoms with E-state index in [0.29, 0.717) is 32.7 Å². The van der Waals surface area contributed by atoms with Crippen LogP contribution in [0.15, 0.2) is 24.3 Å². The van der Waals surface area contributed by atoms with Crippen LogP contribution in [0.5, 0.6) is 5.75 Å². The maximum absolute atomic E-state index is 13.5. The summed E-state index contributed by atoms with van der Waals surface area (Å²) in [6.45, 7) is 1.48. The molecule has 8 nitrogen and oxygen atoms in total. The summed E-state index contributed by atoms with van der Waals surface area (Å²) in [4.78, 5) is 29.5. The van der Waals surface area contributed by atoms with Gasteiger partial charge in [0, 0.05) is 20.1 Å². The number of carbonyl (C=O) groups is 2. The molecule has 1 atom stereocenters. The lowest BCUT2D eigenvalue weighted by Gasteiger charge is -2.44. The number of fused-ring (bicyclic) bond motifs is 1. The highest BCUT2D eigenvalue weighted by atomic mass is 32.2. The van der Waals surface area contributed by atoms with Crippen LogP contribution in [0.1, 0.15) is 37.7 Å². The highest BCUT2D eigenvalue weighted by Crippen LogP contribution is 2.37. The Balaban J connectivity index is 1.75. The van der Waals surface area contributed by atoms with Crippen LogP contribution in [0.4, 0.5) is 0 Å². The number of amides is 2. The fourth-order valence-electron chi connectivity index (χ4n) is 4.56. The first-order valence-electron chi connectivity index (χ1n) is 10.9. The van der Waals surface area contributed by atoms with E-state index in [9.17, 15) is 18.0 Å². The molecule has 9 heteroatoms. The molecule has 2 aliphatic rings. The Kier molecular flexibility index (Phi) is 7.59. The number of nitrogens with zero attached hydrogens (tertiary/aromatic N) is 2. The van der Waals surface area contributed by atoms with Gasteiger partial charge < -0.3 is 14.5 Å². The van der Waals surface area contributed by atoms with Gasteiger partial charge in [0.1, 0.15) is 12.4 Å². The maximum atomic E-state index is 13.5. The van der Waals surface area contributed by atoms with Crippen molar-refractivity contribution < 1.29 is 22.7 Å². The molecule has 1 aromatic carbocycles. The molecule has 1 spiro atoms. The zero-order valence-corrected chi connectivity index (χ0v) is 19.2. The highest BCUT2D eigenvalue weighted by molar-refractivity contribution is 7.88. The van der Waals surface area contributed by atoms with E-state index in [1.165, 1.54) is 5.56 Å². The Morgan fingerprint density at radius 3 is 2.68 bits per heavy atom. The molecule has 1 unspecified atom stereocenters. The smallest absolute Gasteiger partial charge is 0.237 e. The topological polar surface area (TPSA) is 96.0 Å². The average Bonchev–Trinajstić information content (AvgIpc) is 2.74. The van der Waals surface area contributed by atoms with Gasteiger partial charge in [-0.1, -0.05) is 24.6 Å². The number of ether oxygens (including phenoxy) is 1. The number of para-hydroxylation sites is 1. The molecule has 0 radical (unpaired) electrons. The summed E-state index contributed by atoms with van der Waals surface area (Å²) < 4.78 is 30.9. The van der Waals surface area contributed by atoms with Crippen LogP contribution in [0.2, 0.25) is 0 Å². The van der Waals surface area contributed by atoms with Gasteiger partial charge in [0.05, 0.1) is 24.8 Å². The summed E-state index contributed by atoms with van der Waals surface area (Å²) in [7, 11) is -1.66. The van der Waals surface area contributed by atoms with Crippen molar-refractivity contribution in [1.29, 1.82) is 0 Å². The molecule has 0 aromatic heterocycles. The van der Waals surface area contributed by atoms with Crippen LogP contribution in [-0.2, 0) is 26.0 Å². The van der Waals surface area contributed by atoms with Gasteiger partial charge in [-0.15, -0.1) is 0 Å². The third kappa shape index (κ3) is 6.20. The first kappa shape index (κ1) is 23.5. The number of hydrogen-bond acceptors (Lipinski definition) is 5. The van der Waals surface area contributed by atoms with Crippen LogP contribution in [-0.4, -0.2) is 76.1 Å². The summed E-state index contributed by atoms with van der Waals surface area (Å²) in [6, 6.07) is 8.03. The van der Waals surface area contributed by atoms with E-state index in [1.54, 1.807) is 16.8 Å². The Bertz CT molecular complexity index is 904. The predicted molar refractivity (Wildman–Crippen MR) is 118 cm³/mol. The minimum absolute atomic E-state index is 0.0403. The van der Waals surface area contributed by atoms with Gasteiger partial charge in [-0.05, 0) is 43.7 Å². The van der Waals surface area contributed by atoms with Gasteiger partial charge in [0.15, 0.2) is 0 Å². The number of likely N-dealkylation sites (N-methyl/N-ethyl adjacent to an activating group) is 1. The molecule has 31 heavy (non-hydrogen) atoms.